The summed E-state index contributed by atoms with van der Waals surface area (Å²) in [4.78, 5) is 7.85. The molecule has 0 bridgehead atoms. The molecule has 43 valence electrons. The van der Waals surface area contributed by atoms with Crippen molar-refractivity contribution in [2.45, 2.75) is 13.2 Å². The molecule has 0 saturated carbocycles. The van der Waals surface area contributed by atoms with Gasteiger partial charge >= 0.3 is 8.25 Å². The number of rotatable bonds is 2. The quantitative estimate of drug-likeness (QED) is 0.402. The van der Waals surface area contributed by atoms with Crippen molar-refractivity contribution in [2.75, 3.05) is 0 Å². The summed E-state index contributed by atoms with van der Waals surface area (Å²) in [5.74, 6) is 0. The van der Waals surface area contributed by atoms with Gasteiger partial charge in [0.05, 0.1) is 0 Å². The highest BCUT2D eigenvalue weighted by atomic mass is 31.1. The zero-order valence-electron chi connectivity index (χ0n) is 3.74. The topological polar surface area (TPSA) is 66.8 Å². The Kier molecular flexibility index (Phi) is 3.04. The average molecular weight is 125 g/mol. The maximum absolute atomic E-state index is 9.58. The molecule has 5 heteroatoms. The molecular formula is C2H6O4P. The van der Waals surface area contributed by atoms with Gasteiger partial charge in [0.1, 0.15) is 0 Å². The van der Waals surface area contributed by atoms with Gasteiger partial charge in [-0.3, -0.25) is 9.42 Å². The molecule has 0 rings (SSSR count). The fourth-order valence-corrected chi connectivity index (χ4v) is 0.392. The van der Waals surface area contributed by atoms with Gasteiger partial charge in [0.2, 0.25) is 0 Å². The van der Waals surface area contributed by atoms with Gasteiger partial charge in [-0.25, -0.2) is 4.57 Å². The van der Waals surface area contributed by atoms with Crippen molar-refractivity contribution in [1.29, 1.82) is 0 Å². The van der Waals surface area contributed by atoms with Crippen LogP contribution >= 0.6 is 8.25 Å². The lowest BCUT2D eigenvalue weighted by molar-refractivity contribution is -0.00179. The Bertz CT molecular complexity index is 70.1. The summed E-state index contributed by atoms with van der Waals surface area (Å²) in [6.45, 7) is 1.25. The molecule has 1 radical (unpaired) electrons. The third-order valence-corrected chi connectivity index (χ3v) is 0.728. The van der Waals surface area contributed by atoms with E-state index in [2.05, 4.69) is 4.52 Å². The average Bonchev–Trinajstić information content (AvgIpc) is 1.27. The molecule has 0 aliphatic carbocycles. The van der Waals surface area contributed by atoms with Crippen LogP contribution in [0.4, 0.5) is 0 Å². The highest BCUT2D eigenvalue weighted by Gasteiger charge is 1.97. The molecule has 0 saturated heterocycles. The van der Waals surface area contributed by atoms with Gasteiger partial charge in [0.15, 0.2) is 6.29 Å². The Labute approximate surface area is 41.7 Å². The Morgan fingerprint density at radius 3 is 2.29 bits per heavy atom. The van der Waals surface area contributed by atoms with Gasteiger partial charge in [-0.15, -0.1) is 0 Å². The zero-order chi connectivity index (χ0) is 5.86. The molecule has 2 unspecified atom stereocenters. The summed E-state index contributed by atoms with van der Waals surface area (Å²) in [5, 5.41) is 8.16. The molecule has 2 N–H and O–H groups in total. The van der Waals surface area contributed by atoms with Crippen LogP contribution in [0.15, 0.2) is 0 Å². The van der Waals surface area contributed by atoms with E-state index in [0.717, 1.165) is 0 Å². The zero-order valence-corrected chi connectivity index (χ0v) is 4.63. The van der Waals surface area contributed by atoms with Crippen LogP contribution in [0.25, 0.3) is 0 Å². The van der Waals surface area contributed by atoms with E-state index in [0.29, 0.717) is 0 Å². The van der Waals surface area contributed by atoms with Crippen LogP contribution in [-0.4, -0.2) is 16.3 Å². The van der Waals surface area contributed by atoms with E-state index in [4.69, 9.17) is 10.00 Å². The molecule has 0 heterocycles. The van der Waals surface area contributed by atoms with E-state index in [1.807, 2.05) is 0 Å². The summed E-state index contributed by atoms with van der Waals surface area (Å²) in [5.41, 5.74) is 0. The maximum atomic E-state index is 9.58. The Morgan fingerprint density at radius 1 is 1.86 bits per heavy atom. The molecule has 0 aromatic carbocycles. The molecule has 0 spiro atoms. The normalized spacial score (nSPS) is 16.1. The molecule has 0 aromatic rings. The van der Waals surface area contributed by atoms with Gasteiger partial charge in [0, 0.05) is 0 Å². The molecular weight excluding hydrogens is 119 g/mol. The molecule has 0 aliphatic heterocycles. The Morgan fingerprint density at radius 2 is 2.29 bits per heavy atom. The lowest BCUT2D eigenvalue weighted by Crippen LogP contribution is -1.98. The van der Waals surface area contributed by atoms with Crippen molar-refractivity contribution >= 4 is 8.25 Å². The molecule has 0 fully saturated rings. The predicted octanol–water partition coefficient (Wildman–Crippen LogP) is -0.00900. The van der Waals surface area contributed by atoms with Crippen LogP contribution in [0.5, 0.6) is 0 Å². The number of aliphatic hydroxyl groups excluding tert-OH is 1. The molecule has 0 aliphatic rings. The van der Waals surface area contributed by atoms with Crippen LogP contribution in [0.1, 0.15) is 6.92 Å². The Hall–Kier alpha value is -0.0200. The first kappa shape index (κ1) is 6.98. The summed E-state index contributed by atoms with van der Waals surface area (Å²) in [6.07, 6.45) is -1.16. The lowest BCUT2D eigenvalue weighted by Gasteiger charge is -1.96. The second-order valence-electron chi connectivity index (χ2n) is 0.943. The predicted molar refractivity (Wildman–Crippen MR) is 22.6 cm³/mol. The van der Waals surface area contributed by atoms with E-state index in [9.17, 15) is 4.57 Å². The van der Waals surface area contributed by atoms with Gasteiger partial charge in [-0.1, -0.05) is 0 Å². The van der Waals surface area contributed by atoms with Crippen LogP contribution in [0.3, 0.4) is 0 Å². The fourth-order valence-electron chi connectivity index (χ4n) is 0.131. The van der Waals surface area contributed by atoms with Crippen molar-refractivity contribution in [1.82, 2.24) is 0 Å². The van der Waals surface area contributed by atoms with Crippen molar-refractivity contribution in [3.8, 4) is 0 Å². The van der Waals surface area contributed by atoms with E-state index < -0.39 is 14.5 Å². The highest BCUT2D eigenvalue weighted by molar-refractivity contribution is 7.32. The third kappa shape index (κ3) is 5.98. The molecule has 2 atom stereocenters. The summed E-state index contributed by atoms with van der Waals surface area (Å²) < 4.78 is 13.4. The minimum atomic E-state index is -2.64. The summed E-state index contributed by atoms with van der Waals surface area (Å²) >= 11 is 0. The number of aliphatic hydroxyl groups is 1. The number of hydrogen-bond acceptors (Lipinski definition) is 3. The van der Waals surface area contributed by atoms with Crippen molar-refractivity contribution in [3.05, 3.63) is 0 Å². The van der Waals surface area contributed by atoms with Crippen molar-refractivity contribution in [3.63, 3.8) is 0 Å². The highest BCUT2D eigenvalue weighted by Crippen LogP contribution is 2.15. The van der Waals surface area contributed by atoms with Crippen molar-refractivity contribution in [2.24, 2.45) is 0 Å². The van der Waals surface area contributed by atoms with E-state index >= 15 is 0 Å². The molecule has 7 heavy (non-hydrogen) atoms. The van der Waals surface area contributed by atoms with Gasteiger partial charge in [0.25, 0.3) is 0 Å². The van der Waals surface area contributed by atoms with Crippen LogP contribution < -0.4 is 0 Å². The summed E-state index contributed by atoms with van der Waals surface area (Å²) in [7, 11) is -2.64. The van der Waals surface area contributed by atoms with Gasteiger partial charge in [-0.2, -0.15) is 0 Å². The first-order chi connectivity index (χ1) is 3.13. The maximum Gasteiger partial charge on any atom is 0.368 e. The minimum absolute atomic E-state index is 1.16. The van der Waals surface area contributed by atoms with Crippen molar-refractivity contribution < 1.29 is 19.1 Å². The fraction of sp³-hybridized carbons (Fsp3) is 1.00. The molecule has 0 aromatic heterocycles. The minimum Gasteiger partial charge on any atom is -0.367 e. The smallest absolute Gasteiger partial charge is 0.367 e. The van der Waals surface area contributed by atoms with Crippen LogP contribution in [0, 0.1) is 0 Å². The SMILES string of the molecule is CC(O)O[P](=O)O. The van der Waals surface area contributed by atoms with Crippen LogP contribution in [-0.2, 0) is 9.09 Å². The molecule has 4 nitrogen and oxygen atoms in total. The van der Waals surface area contributed by atoms with E-state index in [1.165, 1.54) is 6.92 Å². The van der Waals surface area contributed by atoms with E-state index in [-0.39, 0.29) is 0 Å². The standard InChI is InChI=1S/C2H6O4P/c1-2(3)6-7(4)5/h2-3H,1H3,(H,4,5). The second-order valence-corrected chi connectivity index (χ2v) is 1.63. The Balaban J connectivity index is 3.13. The molecule has 0 amide bonds. The number of hydrogen-bond donors (Lipinski definition) is 2. The van der Waals surface area contributed by atoms with Gasteiger partial charge < -0.3 is 5.11 Å². The summed E-state index contributed by atoms with van der Waals surface area (Å²) in [6, 6.07) is 0. The second kappa shape index (κ2) is 3.04. The largest absolute Gasteiger partial charge is 0.368 e. The first-order valence-electron chi connectivity index (χ1n) is 1.64. The first-order valence-corrected chi connectivity index (χ1v) is 2.77. The van der Waals surface area contributed by atoms with Crippen LogP contribution in [0.2, 0.25) is 0 Å². The van der Waals surface area contributed by atoms with E-state index in [1.54, 1.807) is 0 Å². The lowest BCUT2D eigenvalue weighted by atomic mass is 10.8. The monoisotopic (exact) mass is 125 g/mol. The van der Waals surface area contributed by atoms with Gasteiger partial charge in [-0.05, 0) is 6.92 Å². The third-order valence-electron chi connectivity index (χ3n) is 0.243.